The fourth-order valence-corrected chi connectivity index (χ4v) is 2.86. The maximum absolute atomic E-state index is 12.6. The van der Waals surface area contributed by atoms with Gasteiger partial charge < -0.3 is 4.90 Å². The molecule has 1 aromatic rings. The number of unbranched alkanes of at least 4 members (excludes halogenated alkanes) is 1. The summed E-state index contributed by atoms with van der Waals surface area (Å²) in [6.45, 7) is 4.13. The summed E-state index contributed by atoms with van der Waals surface area (Å²) in [4.78, 5) is 14.7. The Bertz CT molecular complexity index is 382. The zero-order valence-electron chi connectivity index (χ0n) is 12.0. The van der Waals surface area contributed by atoms with Crippen molar-refractivity contribution < 1.29 is 4.79 Å². The molecule has 1 amide bonds. The van der Waals surface area contributed by atoms with Gasteiger partial charge in [0, 0.05) is 19.0 Å². The topological polar surface area (TPSA) is 20.3 Å². The molecule has 0 N–H and O–H groups in total. The number of hydrogen-bond acceptors (Lipinski definition) is 1. The van der Waals surface area contributed by atoms with Crippen LogP contribution >= 0.6 is 0 Å². The van der Waals surface area contributed by atoms with Crippen molar-refractivity contribution in [3.05, 3.63) is 35.9 Å². The number of nitrogens with zero attached hydrogens (tertiary/aromatic N) is 1. The van der Waals surface area contributed by atoms with E-state index in [1.54, 1.807) is 0 Å². The van der Waals surface area contributed by atoms with Crippen LogP contribution in [0.3, 0.4) is 0 Å². The summed E-state index contributed by atoms with van der Waals surface area (Å²) < 4.78 is 0. The lowest BCUT2D eigenvalue weighted by Gasteiger charge is -2.23. The van der Waals surface area contributed by atoms with Gasteiger partial charge in [0.05, 0.1) is 0 Å². The van der Waals surface area contributed by atoms with Crippen LogP contribution in [0.15, 0.2) is 30.3 Å². The van der Waals surface area contributed by atoms with E-state index in [0.717, 1.165) is 32.4 Å². The van der Waals surface area contributed by atoms with Gasteiger partial charge >= 0.3 is 0 Å². The van der Waals surface area contributed by atoms with E-state index in [2.05, 4.69) is 36.1 Å². The lowest BCUT2D eigenvalue weighted by Crippen LogP contribution is -2.34. The van der Waals surface area contributed by atoms with Crippen LogP contribution in [-0.2, 0) is 11.2 Å². The number of carbonyl (C=O) groups is 1. The third-order valence-corrected chi connectivity index (χ3v) is 4.00. The number of hydrogen-bond donors (Lipinski definition) is 0. The monoisotopic (exact) mass is 259 g/mol. The summed E-state index contributed by atoms with van der Waals surface area (Å²) in [5.74, 6) is 0.565. The number of amides is 1. The van der Waals surface area contributed by atoms with E-state index >= 15 is 0 Å². The van der Waals surface area contributed by atoms with E-state index in [-0.39, 0.29) is 5.92 Å². The highest BCUT2D eigenvalue weighted by Crippen LogP contribution is 2.20. The zero-order valence-corrected chi connectivity index (χ0v) is 12.0. The third kappa shape index (κ3) is 4.09. The predicted molar refractivity (Wildman–Crippen MR) is 79.0 cm³/mol. The van der Waals surface area contributed by atoms with Crippen molar-refractivity contribution in [3.63, 3.8) is 0 Å². The van der Waals surface area contributed by atoms with Crippen LogP contribution in [0.1, 0.15) is 44.6 Å². The molecule has 0 saturated carbocycles. The molecule has 19 heavy (non-hydrogen) atoms. The van der Waals surface area contributed by atoms with Gasteiger partial charge in [-0.05, 0) is 31.2 Å². The minimum atomic E-state index is 0.181. The van der Waals surface area contributed by atoms with Gasteiger partial charge in [-0.15, -0.1) is 0 Å². The van der Waals surface area contributed by atoms with Crippen LogP contribution in [0.2, 0.25) is 0 Å². The quantitative estimate of drug-likeness (QED) is 0.763. The fraction of sp³-hybridized carbons (Fsp3) is 0.588. The van der Waals surface area contributed by atoms with E-state index in [9.17, 15) is 4.79 Å². The van der Waals surface area contributed by atoms with E-state index in [1.807, 2.05) is 6.07 Å². The molecule has 1 heterocycles. The van der Waals surface area contributed by atoms with Crippen LogP contribution in [0.5, 0.6) is 0 Å². The molecule has 0 spiro atoms. The Hall–Kier alpha value is -1.31. The van der Waals surface area contributed by atoms with Crippen LogP contribution < -0.4 is 0 Å². The minimum Gasteiger partial charge on any atom is -0.342 e. The molecular formula is C17H25NO. The van der Waals surface area contributed by atoms with Crippen molar-refractivity contribution >= 4 is 5.91 Å². The van der Waals surface area contributed by atoms with Gasteiger partial charge in [-0.2, -0.15) is 0 Å². The first-order chi connectivity index (χ1) is 9.31. The summed E-state index contributed by atoms with van der Waals surface area (Å²) in [6, 6.07) is 10.4. The third-order valence-electron chi connectivity index (χ3n) is 4.00. The van der Waals surface area contributed by atoms with Crippen molar-refractivity contribution in [1.82, 2.24) is 4.90 Å². The van der Waals surface area contributed by atoms with E-state index in [4.69, 9.17) is 0 Å². The number of rotatable bonds is 6. The second-order valence-electron chi connectivity index (χ2n) is 5.56. The smallest absolute Gasteiger partial charge is 0.226 e. The maximum atomic E-state index is 12.6. The highest BCUT2D eigenvalue weighted by Gasteiger charge is 2.25. The minimum absolute atomic E-state index is 0.181. The lowest BCUT2D eigenvalue weighted by molar-refractivity contribution is -0.134. The Morgan fingerprint density at radius 2 is 1.89 bits per heavy atom. The normalized spacial score (nSPS) is 16.6. The number of carbonyl (C=O) groups excluding carboxylic acids is 1. The van der Waals surface area contributed by atoms with Crippen molar-refractivity contribution in [1.29, 1.82) is 0 Å². The molecule has 1 unspecified atom stereocenters. The molecule has 2 heteroatoms. The first-order valence-corrected chi connectivity index (χ1v) is 7.64. The molecule has 1 atom stereocenters. The number of likely N-dealkylation sites (tertiary alicyclic amines) is 1. The SMILES string of the molecule is CCCCC(Cc1ccccc1)C(=O)N1CCCC1. The first-order valence-electron chi connectivity index (χ1n) is 7.64. The molecule has 0 radical (unpaired) electrons. The number of benzene rings is 1. The highest BCUT2D eigenvalue weighted by molar-refractivity contribution is 5.79. The van der Waals surface area contributed by atoms with Crippen molar-refractivity contribution in [2.75, 3.05) is 13.1 Å². The summed E-state index contributed by atoms with van der Waals surface area (Å²) in [6.07, 6.45) is 6.60. The molecule has 0 aliphatic carbocycles. The molecule has 1 fully saturated rings. The van der Waals surface area contributed by atoms with E-state index < -0.39 is 0 Å². The van der Waals surface area contributed by atoms with Crippen LogP contribution in [0, 0.1) is 5.92 Å². The summed E-state index contributed by atoms with van der Waals surface area (Å²) >= 11 is 0. The van der Waals surface area contributed by atoms with Gasteiger partial charge in [0.2, 0.25) is 5.91 Å². The largest absolute Gasteiger partial charge is 0.342 e. The van der Waals surface area contributed by atoms with Gasteiger partial charge in [0.1, 0.15) is 0 Å². The lowest BCUT2D eigenvalue weighted by atomic mass is 9.93. The molecule has 2 nitrogen and oxygen atoms in total. The van der Waals surface area contributed by atoms with Crippen LogP contribution in [0.25, 0.3) is 0 Å². The van der Waals surface area contributed by atoms with Gasteiger partial charge in [0.25, 0.3) is 0 Å². The fourth-order valence-electron chi connectivity index (χ4n) is 2.86. The van der Waals surface area contributed by atoms with Crippen LogP contribution in [-0.4, -0.2) is 23.9 Å². The predicted octanol–water partition coefficient (Wildman–Crippen LogP) is 3.66. The maximum Gasteiger partial charge on any atom is 0.226 e. The first kappa shape index (κ1) is 14.1. The van der Waals surface area contributed by atoms with E-state index in [1.165, 1.54) is 24.8 Å². The standard InChI is InChI=1S/C17H25NO/c1-2-3-11-16(14-15-9-5-4-6-10-15)17(19)18-12-7-8-13-18/h4-6,9-10,16H,2-3,7-8,11-14H2,1H3. The van der Waals surface area contributed by atoms with Crippen LogP contribution in [0.4, 0.5) is 0 Å². The van der Waals surface area contributed by atoms with Crippen molar-refractivity contribution in [2.24, 2.45) is 5.92 Å². The molecule has 2 rings (SSSR count). The Balaban J connectivity index is 2.00. The molecule has 1 aliphatic heterocycles. The Morgan fingerprint density at radius 3 is 2.53 bits per heavy atom. The van der Waals surface area contributed by atoms with Crippen molar-refractivity contribution in [2.45, 2.75) is 45.4 Å². The summed E-state index contributed by atoms with van der Waals surface area (Å²) in [5, 5.41) is 0. The second-order valence-corrected chi connectivity index (χ2v) is 5.56. The molecular weight excluding hydrogens is 234 g/mol. The van der Waals surface area contributed by atoms with Gasteiger partial charge in [0.15, 0.2) is 0 Å². The molecule has 104 valence electrons. The average molecular weight is 259 g/mol. The van der Waals surface area contributed by atoms with Gasteiger partial charge in [-0.25, -0.2) is 0 Å². The molecule has 0 bridgehead atoms. The summed E-state index contributed by atoms with van der Waals surface area (Å²) in [5.41, 5.74) is 1.29. The van der Waals surface area contributed by atoms with Gasteiger partial charge in [-0.1, -0.05) is 50.1 Å². The Kier molecular flexibility index (Phi) is 5.44. The molecule has 1 aliphatic rings. The summed E-state index contributed by atoms with van der Waals surface area (Å²) in [7, 11) is 0. The zero-order chi connectivity index (χ0) is 13.5. The Labute approximate surface area is 116 Å². The van der Waals surface area contributed by atoms with Crippen molar-refractivity contribution in [3.8, 4) is 0 Å². The van der Waals surface area contributed by atoms with Gasteiger partial charge in [-0.3, -0.25) is 4.79 Å². The molecule has 0 aromatic heterocycles. The highest BCUT2D eigenvalue weighted by atomic mass is 16.2. The Morgan fingerprint density at radius 1 is 1.21 bits per heavy atom. The molecule has 1 saturated heterocycles. The van der Waals surface area contributed by atoms with E-state index in [0.29, 0.717) is 5.91 Å². The average Bonchev–Trinajstić information content (AvgIpc) is 2.98. The second kappa shape index (κ2) is 7.32. The molecule has 1 aromatic carbocycles.